The number of benzene rings is 1. The third-order valence-electron chi connectivity index (χ3n) is 7.81. The average molecular weight is 677 g/mol. The van der Waals surface area contributed by atoms with Crippen LogP contribution in [0.15, 0.2) is 48.6 Å². The van der Waals surface area contributed by atoms with Crippen LogP contribution < -0.4 is 11.5 Å². The lowest BCUT2D eigenvalue weighted by atomic mass is 9.83. The molecule has 1 fully saturated rings. The Morgan fingerprint density at radius 2 is 1.66 bits per heavy atom. The number of nitrogens with two attached hydrogens (primary N) is 2. The normalized spacial score (nSPS) is 20.9. The number of allylic oxidation sites excluding steroid dienone is 2. The summed E-state index contributed by atoms with van der Waals surface area (Å²) in [6.07, 6.45) is 6.14. The Kier molecular flexibility index (Phi) is 13.8. The number of halogens is 1. The van der Waals surface area contributed by atoms with Gasteiger partial charge in [0.25, 0.3) is 5.91 Å². The van der Waals surface area contributed by atoms with E-state index < -0.39 is 72.7 Å². The quantitative estimate of drug-likeness (QED) is 0.0807. The van der Waals surface area contributed by atoms with Crippen LogP contribution in [-0.4, -0.2) is 128 Å². The molecule has 47 heavy (non-hydrogen) atoms. The number of ketones is 1. The van der Waals surface area contributed by atoms with Crippen molar-refractivity contribution in [1.82, 2.24) is 14.7 Å². The van der Waals surface area contributed by atoms with Gasteiger partial charge >= 0.3 is 11.9 Å². The zero-order valence-electron chi connectivity index (χ0n) is 26.7. The first-order valence-electron chi connectivity index (χ1n) is 14.4. The number of likely N-dealkylation sites (N-methyl/N-ethyl adjacent to an activating group) is 1. The fourth-order valence-corrected chi connectivity index (χ4v) is 5.09. The summed E-state index contributed by atoms with van der Waals surface area (Å²) < 4.78 is 15.3. The third-order valence-corrected chi connectivity index (χ3v) is 7.81. The molecule has 1 aromatic carbocycles. The molecule has 2 aliphatic rings. The molecule has 0 radical (unpaired) electrons. The van der Waals surface area contributed by atoms with Crippen molar-refractivity contribution >= 4 is 53.7 Å². The van der Waals surface area contributed by atoms with Gasteiger partial charge in [-0.2, -0.15) is 0 Å². The predicted octanol–water partition coefficient (Wildman–Crippen LogP) is -0.346. The Labute approximate surface area is 278 Å². The van der Waals surface area contributed by atoms with E-state index in [1.807, 2.05) is 0 Å². The number of rotatable bonds is 13. The number of piperazine rings is 1. The minimum Gasteiger partial charge on any atom is -0.469 e. The van der Waals surface area contributed by atoms with E-state index in [2.05, 4.69) is 0 Å². The van der Waals surface area contributed by atoms with E-state index in [1.165, 1.54) is 31.0 Å². The Morgan fingerprint density at radius 1 is 1.04 bits per heavy atom. The Balaban J connectivity index is 0.00000768. The predicted molar refractivity (Wildman–Crippen MR) is 172 cm³/mol. The molecule has 0 spiro atoms. The van der Waals surface area contributed by atoms with E-state index in [0.29, 0.717) is 0 Å². The van der Waals surface area contributed by atoms with Crippen LogP contribution in [0.1, 0.15) is 28.8 Å². The Morgan fingerprint density at radius 3 is 2.21 bits per heavy atom. The number of Topliss-reactive ketones (excluding diaryl/α,β-unsaturated/α-hetero) is 1. The number of carbonyl (C=O) groups is 6. The van der Waals surface area contributed by atoms with Crippen molar-refractivity contribution in [2.75, 3.05) is 54.6 Å². The van der Waals surface area contributed by atoms with Gasteiger partial charge in [-0.15, -0.1) is 12.4 Å². The number of nitrogens with one attached hydrogen (secondary N) is 1. The fraction of sp³-hybridized carbons (Fsp3) is 0.452. The van der Waals surface area contributed by atoms with Gasteiger partial charge in [0.15, 0.2) is 12.2 Å². The third kappa shape index (κ3) is 9.24. The summed E-state index contributed by atoms with van der Waals surface area (Å²) >= 11 is 0. The highest BCUT2D eigenvalue weighted by Crippen LogP contribution is 2.30. The summed E-state index contributed by atoms with van der Waals surface area (Å²) in [6, 6.07) is 4.09. The van der Waals surface area contributed by atoms with Crippen LogP contribution in [0.5, 0.6) is 0 Å². The fourth-order valence-electron chi connectivity index (χ4n) is 5.09. The zero-order chi connectivity index (χ0) is 34.2. The molecule has 2 atom stereocenters. The van der Waals surface area contributed by atoms with Crippen molar-refractivity contribution in [2.45, 2.75) is 30.5 Å². The van der Waals surface area contributed by atoms with Gasteiger partial charge in [0.2, 0.25) is 17.6 Å². The number of ether oxygens (including phenoxy) is 3. The van der Waals surface area contributed by atoms with Gasteiger partial charge in [0.1, 0.15) is 18.4 Å². The van der Waals surface area contributed by atoms with Gasteiger partial charge < -0.3 is 40.4 Å². The van der Waals surface area contributed by atoms with Crippen LogP contribution in [-0.2, 0) is 38.2 Å². The van der Waals surface area contributed by atoms with E-state index in [-0.39, 0.29) is 54.8 Å². The largest absolute Gasteiger partial charge is 0.469 e. The first-order valence-corrected chi connectivity index (χ1v) is 14.4. The van der Waals surface area contributed by atoms with Gasteiger partial charge in [-0.25, -0.2) is 0 Å². The number of nitrogens with zero attached hydrogens (tertiary/aromatic N) is 3. The smallest absolute Gasteiger partial charge is 0.326 e. The molecule has 3 amide bonds. The molecule has 1 aliphatic carbocycles. The van der Waals surface area contributed by atoms with Gasteiger partial charge in [-0.3, -0.25) is 34.2 Å². The first kappa shape index (κ1) is 38.6. The lowest BCUT2D eigenvalue weighted by Gasteiger charge is -2.41. The summed E-state index contributed by atoms with van der Waals surface area (Å²) in [5.74, 6) is -4.32. The van der Waals surface area contributed by atoms with E-state index in [0.717, 1.165) is 12.0 Å². The van der Waals surface area contributed by atoms with Crippen molar-refractivity contribution in [3.8, 4) is 0 Å². The molecule has 16 heteroatoms. The number of hydrogen-bond donors (Lipinski definition) is 3. The molecule has 0 aromatic heterocycles. The SMILES string of the molecule is COC(=O)C[C@H]1C(=O)N(CC(=O)OCC(=O)N(C)C)CCN1C(=O)[C@@H](N)CC1C=CC(OC)(C(=O)c2ccccc2C(=N)N)C=C1.Cl. The molecule has 5 N–H and O–H groups in total. The van der Waals surface area contributed by atoms with Crippen molar-refractivity contribution in [1.29, 1.82) is 5.41 Å². The highest BCUT2D eigenvalue weighted by atomic mass is 35.5. The van der Waals surface area contributed by atoms with E-state index in [1.54, 1.807) is 48.6 Å². The lowest BCUT2D eigenvalue weighted by molar-refractivity contribution is -0.161. The lowest BCUT2D eigenvalue weighted by Crippen LogP contribution is -2.62. The molecule has 0 unspecified atom stereocenters. The minimum absolute atomic E-state index is 0. The van der Waals surface area contributed by atoms with Crippen LogP contribution in [0.2, 0.25) is 0 Å². The molecule has 1 heterocycles. The molecule has 3 rings (SSSR count). The molecule has 256 valence electrons. The zero-order valence-corrected chi connectivity index (χ0v) is 27.5. The number of hydrogen-bond acceptors (Lipinski definition) is 11. The number of nitrogen functional groups attached to an aromatic ring is 1. The summed E-state index contributed by atoms with van der Waals surface area (Å²) in [6.45, 7) is -1.01. The second-order valence-electron chi connectivity index (χ2n) is 11.0. The second kappa shape index (κ2) is 16.8. The highest BCUT2D eigenvalue weighted by molar-refractivity contribution is 6.13. The maximum absolute atomic E-state index is 13.5. The van der Waals surface area contributed by atoms with E-state index >= 15 is 0 Å². The van der Waals surface area contributed by atoms with Gasteiger partial charge in [0.05, 0.1) is 19.6 Å². The summed E-state index contributed by atoms with van der Waals surface area (Å²) in [5.41, 5.74) is 11.0. The van der Waals surface area contributed by atoms with Crippen molar-refractivity contribution in [3.05, 3.63) is 59.7 Å². The number of amides is 3. The van der Waals surface area contributed by atoms with Crippen molar-refractivity contribution in [3.63, 3.8) is 0 Å². The Hall–Kier alpha value is -4.60. The molecule has 15 nitrogen and oxygen atoms in total. The number of methoxy groups -OCH3 is 2. The topological polar surface area (TPSA) is 216 Å². The average Bonchev–Trinajstić information content (AvgIpc) is 3.05. The molecule has 0 bridgehead atoms. The van der Waals surface area contributed by atoms with Gasteiger partial charge in [-0.05, 0) is 24.5 Å². The number of carbonyl (C=O) groups excluding carboxylic acids is 6. The van der Waals surface area contributed by atoms with Crippen LogP contribution in [0.25, 0.3) is 0 Å². The molecule has 1 aromatic rings. The van der Waals surface area contributed by atoms with Crippen LogP contribution in [0.4, 0.5) is 0 Å². The maximum atomic E-state index is 13.5. The van der Waals surface area contributed by atoms with Gasteiger partial charge in [0, 0.05) is 45.4 Å². The molecular formula is C31H41ClN6O9. The first-order chi connectivity index (χ1) is 21.7. The van der Waals surface area contributed by atoms with Crippen molar-refractivity contribution < 1.29 is 43.0 Å². The van der Waals surface area contributed by atoms with Gasteiger partial charge in [-0.1, -0.05) is 36.4 Å². The highest BCUT2D eigenvalue weighted by Gasteiger charge is 2.42. The van der Waals surface area contributed by atoms with Crippen LogP contribution in [0, 0.1) is 11.3 Å². The molecular weight excluding hydrogens is 636 g/mol. The summed E-state index contributed by atoms with van der Waals surface area (Å²) in [5, 5.41) is 7.81. The molecule has 1 aliphatic heterocycles. The molecule has 1 saturated heterocycles. The van der Waals surface area contributed by atoms with E-state index in [9.17, 15) is 28.8 Å². The monoisotopic (exact) mass is 676 g/mol. The second-order valence-corrected chi connectivity index (χ2v) is 11.0. The summed E-state index contributed by atoms with van der Waals surface area (Å²) in [7, 11) is 5.53. The maximum Gasteiger partial charge on any atom is 0.326 e. The molecule has 0 saturated carbocycles. The number of amidine groups is 1. The van der Waals surface area contributed by atoms with E-state index in [4.69, 9.17) is 31.1 Å². The van der Waals surface area contributed by atoms with Crippen molar-refractivity contribution in [2.24, 2.45) is 17.4 Å². The Bertz CT molecular complexity index is 1430. The number of esters is 2. The van der Waals surface area contributed by atoms with Crippen LogP contribution >= 0.6 is 12.4 Å². The summed E-state index contributed by atoms with van der Waals surface area (Å²) in [4.78, 5) is 80.2. The standard InChI is InChI=1S/C31H40N6O9.ClH/c1-35(2)24(38)18-46-26(40)17-36-13-14-37(23(30(36)43)16-25(39)44-3)29(42)22(32)15-19-9-11-31(45-4,12-10-19)27(41)20-7-5-6-8-21(20)28(33)34;/h5-12,19,22-23H,13-18,32H2,1-4H3,(H3,33,34);1H/t19?,22-,23-,31?;/m0./s1. The minimum atomic E-state index is -1.47. The van der Waals surface area contributed by atoms with Crippen LogP contribution in [0.3, 0.4) is 0 Å².